The van der Waals surface area contributed by atoms with Crippen molar-refractivity contribution in [3.8, 4) is 33.7 Å². The van der Waals surface area contributed by atoms with E-state index in [0.717, 1.165) is 61.2 Å². The number of aromatic nitrogens is 1. The van der Waals surface area contributed by atoms with Crippen molar-refractivity contribution in [2.75, 3.05) is 4.90 Å². The van der Waals surface area contributed by atoms with Crippen LogP contribution in [0.25, 0.3) is 77.5 Å². The average Bonchev–Trinajstić information content (AvgIpc) is 3.78. The van der Waals surface area contributed by atoms with Gasteiger partial charge in [-0.25, -0.2) is 4.98 Å². The third kappa shape index (κ3) is 5.22. The zero-order chi connectivity index (χ0) is 33.7. The molecule has 0 saturated heterocycles. The van der Waals surface area contributed by atoms with E-state index in [1.54, 1.807) is 0 Å². The highest BCUT2D eigenvalue weighted by atomic mass is 16.4. The minimum Gasteiger partial charge on any atom is -0.456 e. The van der Waals surface area contributed by atoms with Crippen LogP contribution >= 0.6 is 0 Å². The summed E-state index contributed by atoms with van der Waals surface area (Å²) in [6, 6.07) is 63.6. The molecule has 0 aliphatic carbocycles. The van der Waals surface area contributed by atoms with Crippen molar-refractivity contribution in [1.82, 2.24) is 4.98 Å². The number of benzene rings is 8. The molecule has 4 heteroatoms. The van der Waals surface area contributed by atoms with Crippen molar-refractivity contribution >= 4 is 60.9 Å². The zero-order valence-electron chi connectivity index (χ0n) is 27.5. The largest absolute Gasteiger partial charge is 0.456 e. The van der Waals surface area contributed by atoms with E-state index >= 15 is 0 Å². The SMILES string of the molecule is c1ccc(-c2nc3cc4c(cc3o2)oc2cc(-c3ccc(N(c5ccccc5)c5ccc(-c6ccc7ccccc7c6)cc5)cc3)ccc24)cc1. The molecule has 0 fully saturated rings. The molecule has 2 aromatic heterocycles. The first kappa shape index (κ1) is 29.0. The molecule has 0 spiro atoms. The number of para-hydroxylation sites is 1. The van der Waals surface area contributed by atoms with Gasteiger partial charge in [-0.1, -0.05) is 103 Å². The molecular formula is C47H30N2O2. The Morgan fingerprint density at radius 3 is 1.65 bits per heavy atom. The van der Waals surface area contributed by atoms with Gasteiger partial charge in [-0.15, -0.1) is 0 Å². The minimum atomic E-state index is 0.608. The van der Waals surface area contributed by atoms with Gasteiger partial charge in [0.05, 0.1) is 0 Å². The quantitative estimate of drug-likeness (QED) is 0.179. The second kappa shape index (κ2) is 11.9. The van der Waals surface area contributed by atoms with Gasteiger partial charge in [0.25, 0.3) is 0 Å². The molecule has 4 nitrogen and oxygen atoms in total. The van der Waals surface area contributed by atoms with Crippen LogP contribution in [0.15, 0.2) is 191 Å². The second-order valence-corrected chi connectivity index (χ2v) is 12.8. The molecule has 0 amide bonds. The van der Waals surface area contributed by atoms with Crippen LogP contribution in [0, 0.1) is 0 Å². The smallest absolute Gasteiger partial charge is 0.227 e. The molecule has 8 aromatic carbocycles. The molecule has 0 N–H and O–H groups in total. The van der Waals surface area contributed by atoms with Gasteiger partial charge < -0.3 is 13.7 Å². The summed E-state index contributed by atoms with van der Waals surface area (Å²) >= 11 is 0. The van der Waals surface area contributed by atoms with Crippen LogP contribution < -0.4 is 4.90 Å². The third-order valence-electron chi connectivity index (χ3n) is 9.68. The Hall–Kier alpha value is -6.91. The van der Waals surface area contributed by atoms with Crippen LogP contribution in [-0.2, 0) is 0 Å². The Bertz CT molecular complexity index is 2840. The summed E-state index contributed by atoms with van der Waals surface area (Å²) in [5.41, 5.74) is 12.0. The van der Waals surface area contributed by atoms with E-state index in [1.165, 1.54) is 21.9 Å². The molecule has 0 atom stereocenters. The molecule has 240 valence electrons. The molecule has 10 rings (SSSR count). The molecule has 0 bridgehead atoms. The molecule has 0 unspecified atom stereocenters. The summed E-state index contributed by atoms with van der Waals surface area (Å²) in [6.45, 7) is 0. The lowest BCUT2D eigenvalue weighted by atomic mass is 10.0. The van der Waals surface area contributed by atoms with E-state index in [9.17, 15) is 0 Å². The van der Waals surface area contributed by atoms with Gasteiger partial charge in [-0.2, -0.15) is 0 Å². The lowest BCUT2D eigenvalue weighted by molar-refractivity contribution is 0.617. The number of hydrogen-bond donors (Lipinski definition) is 0. The van der Waals surface area contributed by atoms with Gasteiger partial charge in [0.2, 0.25) is 5.89 Å². The van der Waals surface area contributed by atoms with Crippen LogP contribution in [-0.4, -0.2) is 4.98 Å². The Morgan fingerprint density at radius 1 is 0.353 bits per heavy atom. The summed E-state index contributed by atoms with van der Waals surface area (Å²) < 4.78 is 12.5. The van der Waals surface area contributed by atoms with E-state index in [-0.39, 0.29) is 0 Å². The highest BCUT2D eigenvalue weighted by molar-refractivity contribution is 6.09. The van der Waals surface area contributed by atoms with E-state index in [4.69, 9.17) is 13.8 Å². The van der Waals surface area contributed by atoms with Crippen molar-refractivity contribution in [1.29, 1.82) is 0 Å². The van der Waals surface area contributed by atoms with Gasteiger partial charge in [0.15, 0.2) is 5.58 Å². The highest BCUT2D eigenvalue weighted by Crippen LogP contribution is 2.39. The first-order chi connectivity index (χ1) is 25.2. The Kier molecular flexibility index (Phi) is 6.78. The van der Waals surface area contributed by atoms with Crippen molar-refractivity contribution in [3.63, 3.8) is 0 Å². The number of fused-ring (bicyclic) bond motifs is 5. The maximum atomic E-state index is 6.38. The fraction of sp³-hybridized carbons (Fsp3) is 0. The topological polar surface area (TPSA) is 42.4 Å². The van der Waals surface area contributed by atoms with Crippen molar-refractivity contribution in [2.45, 2.75) is 0 Å². The van der Waals surface area contributed by atoms with Crippen LogP contribution in [0.5, 0.6) is 0 Å². The van der Waals surface area contributed by atoms with Crippen molar-refractivity contribution < 1.29 is 8.83 Å². The molecular weight excluding hydrogens is 625 g/mol. The fourth-order valence-electron chi connectivity index (χ4n) is 7.08. The van der Waals surface area contributed by atoms with Crippen molar-refractivity contribution in [2.24, 2.45) is 0 Å². The van der Waals surface area contributed by atoms with Crippen LogP contribution in [0.2, 0.25) is 0 Å². The molecule has 0 aliphatic rings. The second-order valence-electron chi connectivity index (χ2n) is 12.8. The molecule has 0 saturated carbocycles. The lowest BCUT2D eigenvalue weighted by Gasteiger charge is -2.26. The average molecular weight is 655 g/mol. The van der Waals surface area contributed by atoms with Gasteiger partial charge in [-0.3, -0.25) is 0 Å². The lowest BCUT2D eigenvalue weighted by Crippen LogP contribution is -2.09. The minimum absolute atomic E-state index is 0.608. The van der Waals surface area contributed by atoms with E-state index in [2.05, 4.69) is 150 Å². The van der Waals surface area contributed by atoms with E-state index in [0.29, 0.717) is 11.5 Å². The Balaban J connectivity index is 0.965. The molecule has 10 aromatic rings. The predicted molar refractivity (Wildman–Crippen MR) is 210 cm³/mol. The van der Waals surface area contributed by atoms with Gasteiger partial charge in [0.1, 0.15) is 16.7 Å². The number of rotatable bonds is 6. The van der Waals surface area contributed by atoms with Gasteiger partial charge in [-0.05, 0) is 106 Å². The first-order valence-electron chi connectivity index (χ1n) is 17.1. The third-order valence-corrected chi connectivity index (χ3v) is 9.68. The summed E-state index contributed by atoms with van der Waals surface area (Å²) in [6.07, 6.45) is 0. The molecule has 51 heavy (non-hydrogen) atoms. The van der Waals surface area contributed by atoms with E-state index in [1.807, 2.05) is 36.4 Å². The number of oxazole rings is 1. The van der Waals surface area contributed by atoms with Crippen LogP contribution in [0.4, 0.5) is 17.1 Å². The Labute approximate surface area is 294 Å². The number of anilines is 3. The molecule has 2 heterocycles. The summed E-state index contributed by atoms with van der Waals surface area (Å²) in [5.74, 6) is 0.608. The summed E-state index contributed by atoms with van der Waals surface area (Å²) in [7, 11) is 0. The van der Waals surface area contributed by atoms with Gasteiger partial charge in [0, 0.05) is 39.5 Å². The van der Waals surface area contributed by atoms with E-state index < -0.39 is 0 Å². The van der Waals surface area contributed by atoms with Gasteiger partial charge >= 0.3 is 0 Å². The maximum Gasteiger partial charge on any atom is 0.227 e. The predicted octanol–water partition coefficient (Wildman–Crippen LogP) is 13.4. The monoisotopic (exact) mass is 654 g/mol. The van der Waals surface area contributed by atoms with Crippen LogP contribution in [0.3, 0.4) is 0 Å². The Morgan fingerprint density at radius 2 is 0.922 bits per heavy atom. The number of nitrogens with zero attached hydrogens (tertiary/aromatic N) is 2. The zero-order valence-corrected chi connectivity index (χ0v) is 27.5. The highest BCUT2D eigenvalue weighted by Gasteiger charge is 2.16. The number of furan rings is 1. The standard InChI is InChI=1S/C47H30N2O2/c1-3-10-34(11-4-1)47-48-43-29-42-41-26-21-37(28-44(41)50-45(42)30-46(43)51-47)33-19-24-40(25-20-33)49(38-13-5-2-6-14-38)39-22-17-32(18-23-39)36-16-15-31-9-7-8-12-35(31)27-36/h1-30H. The maximum absolute atomic E-state index is 6.38. The molecule has 0 radical (unpaired) electrons. The summed E-state index contributed by atoms with van der Waals surface area (Å²) in [4.78, 5) is 7.06. The fourth-order valence-corrected chi connectivity index (χ4v) is 7.08. The molecule has 0 aliphatic heterocycles. The van der Waals surface area contributed by atoms with Crippen LogP contribution in [0.1, 0.15) is 0 Å². The number of hydrogen-bond acceptors (Lipinski definition) is 4. The summed E-state index contributed by atoms with van der Waals surface area (Å²) in [5, 5.41) is 4.58. The first-order valence-corrected chi connectivity index (χ1v) is 17.1. The normalized spacial score (nSPS) is 11.5. The van der Waals surface area contributed by atoms with Crippen molar-refractivity contribution in [3.05, 3.63) is 182 Å².